The molecule has 1 aliphatic carbocycles. The van der Waals surface area contributed by atoms with Gasteiger partial charge >= 0.3 is 6.09 Å². The fraction of sp³-hybridized carbons (Fsp3) is 0.659. The number of amides is 2. The van der Waals surface area contributed by atoms with E-state index in [1.165, 1.54) is 13.5 Å². The van der Waals surface area contributed by atoms with Crippen LogP contribution in [0, 0.1) is 23.6 Å². The first-order chi connectivity index (χ1) is 26.1. The highest BCUT2D eigenvalue weighted by Gasteiger charge is 2.53. The largest absolute Gasteiger partial charge is 0.453 e. The van der Waals surface area contributed by atoms with Gasteiger partial charge in [0.15, 0.2) is 9.84 Å². The maximum Gasteiger partial charge on any atom is 0.407 e. The average molecular weight is 765 g/mol. The number of rotatable bonds is 13. The van der Waals surface area contributed by atoms with Gasteiger partial charge in [0, 0.05) is 62.3 Å². The highest BCUT2D eigenvalue weighted by atomic mass is 32.2. The molecular weight excluding hydrogens is 708 g/mol. The quantitative estimate of drug-likeness (QED) is 0.326. The van der Waals surface area contributed by atoms with Gasteiger partial charge in [0.2, 0.25) is 5.91 Å². The summed E-state index contributed by atoms with van der Waals surface area (Å²) in [6.07, 6.45) is 6.94. The Hall–Kier alpha value is -3.26. The number of halogens is 1. The number of sulfone groups is 1. The number of methoxy groups -OCH3 is 1. The topological polar surface area (TPSA) is 106 Å². The van der Waals surface area contributed by atoms with E-state index in [2.05, 4.69) is 31.0 Å². The lowest BCUT2D eigenvalue weighted by molar-refractivity contribution is -0.136. The van der Waals surface area contributed by atoms with Crippen LogP contribution in [0.4, 0.5) is 14.9 Å². The van der Waals surface area contributed by atoms with Gasteiger partial charge in [-0.25, -0.2) is 17.6 Å². The van der Waals surface area contributed by atoms with Crippen LogP contribution in [-0.4, -0.2) is 144 Å². The minimum absolute atomic E-state index is 0.00537. The number of hydrogen-bond donors (Lipinski definition) is 1. The molecular formula is C41H57FN6O5S. The highest BCUT2D eigenvalue weighted by molar-refractivity contribution is 7.92. The van der Waals surface area contributed by atoms with E-state index in [0.717, 1.165) is 115 Å². The number of nitrogens with one attached hydrogen (secondary N) is 1. The van der Waals surface area contributed by atoms with E-state index >= 15 is 0 Å². The van der Waals surface area contributed by atoms with Crippen molar-refractivity contribution >= 4 is 27.5 Å². The van der Waals surface area contributed by atoms with Crippen molar-refractivity contribution < 1.29 is 27.1 Å². The van der Waals surface area contributed by atoms with Crippen LogP contribution < -0.4 is 10.2 Å². The Labute approximate surface area is 320 Å². The molecule has 1 saturated carbocycles. The summed E-state index contributed by atoms with van der Waals surface area (Å²) in [5, 5.41) is 2.65. The molecule has 0 radical (unpaired) electrons. The molecule has 6 aliphatic rings. The first kappa shape index (κ1) is 37.7. The molecule has 2 aromatic rings. The number of hydrogen-bond acceptors (Lipinski definition) is 9. The Morgan fingerprint density at radius 2 is 1.56 bits per heavy atom. The minimum Gasteiger partial charge on any atom is -0.453 e. The standard InChI is InChI=1S/C41H57FN6O5S/c1-53-40(50)43-38-9-3-8-37(38)41(29-46-18-5-19-46,32-6-2-7-33(42)22-32)31-14-20-45(21-15-31)23-30-24-47(25-30)34-10-12-35(13-11-34)54(51,52)36-26-48(27-36)39(49)28-44-16-4-17-44/h2,6-7,10-13,22,30-31,36-38H,3-5,8-9,14-21,23-29H2,1H3,(H,43,50)/t37-,38-,41?/m0/s1. The molecule has 2 aromatic carbocycles. The van der Waals surface area contributed by atoms with E-state index in [1.807, 2.05) is 18.2 Å². The molecule has 1 N–H and O–H groups in total. The van der Waals surface area contributed by atoms with Crippen molar-refractivity contribution in [2.24, 2.45) is 17.8 Å². The fourth-order valence-corrected chi connectivity index (χ4v) is 12.0. The number of ether oxygens (including phenoxy) is 1. The Balaban J connectivity index is 0.869. The smallest absolute Gasteiger partial charge is 0.407 e. The van der Waals surface area contributed by atoms with Crippen LogP contribution >= 0.6 is 0 Å². The Morgan fingerprint density at radius 1 is 0.852 bits per heavy atom. The molecule has 6 fully saturated rings. The summed E-state index contributed by atoms with van der Waals surface area (Å²) >= 11 is 0. The lowest BCUT2D eigenvalue weighted by Crippen LogP contribution is -2.60. The molecule has 0 bridgehead atoms. The summed E-state index contributed by atoms with van der Waals surface area (Å²) < 4.78 is 46.6. The zero-order chi connectivity index (χ0) is 37.5. The first-order valence-electron chi connectivity index (χ1n) is 20.3. The second-order valence-corrected chi connectivity index (χ2v) is 19.1. The van der Waals surface area contributed by atoms with Gasteiger partial charge in [-0.1, -0.05) is 18.6 Å². The number of piperidine rings is 1. The predicted octanol–water partition coefficient (Wildman–Crippen LogP) is 3.83. The zero-order valence-corrected chi connectivity index (χ0v) is 32.5. The molecule has 54 heavy (non-hydrogen) atoms. The third-order valence-corrected chi connectivity index (χ3v) is 15.8. The number of carbonyl (C=O) groups is 2. The van der Waals surface area contributed by atoms with E-state index in [-0.39, 0.29) is 48.3 Å². The molecule has 1 unspecified atom stereocenters. The van der Waals surface area contributed by atoms with E-state index in [1.54, 1.807) is 29.2 Å². The number of benzene rings is 2. The van der Waals surface area contributed by atoms with Crippen LogP contribution in [0.15, 0.2) is 53.4 Å². The second kappa shape index (κ2) is 15.7. The SMILES string of the molecule is COC(=O)N[C@H]1CCC[C@@H]1C(CN1CCC1)(c1cccc(F)c1)C1CCN(CC2CN(c3ccc(S(=O)(=O)C4CN(C(=O)CN5CCC5)C4)cc3)C2)CC1. The van der Waals surface area contributed by atoms with E-state index in [0.29, 0.717) is 23.3 Å². The zero-order valence-electron chi connectivity index (χ0n) is 31.7. The monoisotopic (exact) mass is 764 g/mol. The molecule has 3 atom stereocenters. The third kappa shape index (κ3) is 7.50. The number of alkyl carbamates (subject to hydrolysis) is 1. The van der Waals surface area contributed by atoms with Crippen LogP contribution in [0.5, 0.6) is 0 Å². The summed E-state index contributed by atoms with van der Waals surface area (Å²) in [5.41, 5.74) is 1.85. The molecule has 8 rings (SSSR count). The number of nitrogens with zero attached hydrogens (tertiary/aromatic N) is 5. The third-order valence-electron chi connectivity index (χ3n) is 13.7. The van der Waals surface area contributed by atoms with Crippen molar-refractivity contribution in [3.8, 4) is 0 Å². The van der Waals surface area contributed by atoms with Gasteiger partial charge in [0.25, 0.3) is 0 Å². The minimum atomic E-state index is -3.48. The lowest BCUT2D eigenvalue weighted by Gasteiger charge is -2.54. The summed E-state index contributed by atoms with van der Waals surface area (Å²) in [7, 11) is -2.06. The maximum absolute atomic E-state index is 15.0. The second-order valence-electron chi connectivity index (χ2n) is 16.9. The number of likely N-dealkylation sites (tertiary alicyclic amines) is 4. The highest BCUT2D eigenvalue weighted by Crippen LogP contribution is 2.51. The average Bonchev–Trinajstić information content (AvgIpc) is 3.55. The lowest BCUT2D eigenvalue weighted by atomic mass is 9.57. The van der Waals surface area contributed by atoms with Crippen LogP contribution in [0.1, 0.15) is 50.5 Å². The Morgan fingerprint density at radius 3 is 2.19 bits per heavy atom. The van der Waals surface area contributed by atoms with E-state index in [9.17, 15) is 22.4 Å². The van der Waals surface area contributed by atoms with Crippen molar-refractivity contribution in [2.45, 2.75) is 66.5 Å². The van der Waals surface area contributed by atoms with Crippen molar-refractivity contribution in [3.05, 3.63) is 59.9 Å². The summed E-state index contributed by atoms with van der Waals surface area (Å²) in [6.45, 7) is 10.8. The molecule has 0 spiro atoms. The van der Waals surface area contributed by atoms with Crippen LogP contribution in [0.3, 0.4) is 0 Å². The van der Waals surface area contributed by atoms with Crippen molar-refractivity contribution in [1.29, 1.82) is 0 Å². The van der Waals surface area contributed by atoms with Gasteiger partial charge in [-0.3, -0.25) is 9.69 Å². The maximum atomic E-state index is 15.0. The normalized spacial score (nSPS) is 26.0. The summed E-state index contributed by atoms with van der Waals surface area (Å²) in [5.74, 6) is 0.930. The van der Waals surface area contributed by atoms with Gasteiger partial charge in [-0.05, 0) is 132 Å². The van der Waals surface area contributed by atoms with Crippen molar-refractivity contribution in [3.63, 3.8) is 0 Å². The van der Waals surface area contributed by atoms with E-state index in [4.69, 9.17) is 4.74 Å². The number of carbonyl (C=O) groups excluding carboxylic acids is 2. The van der Waals surface area contributed by atoms with E-state index < -0.39 is 15.1 Å². The van der Waals surface area contributed by atoms with Crippen LogP contribution in [-0.2, 0) is 24.8 Å². The Kier molecular flexibility index (Phi) is 11.0. The van der Waals surface area contributed by atoms with Gasteiger partial charge < -0.3 is 29.7 Å². The Bertz CT molecular complexity index is 1750. The van der Waals surface area contributed by atoms with Gasteiger partial charge in [0.05, 0.1) is 18.6 Å². The van der Waals surface area contributed by atoms with Crippen LogP contribution in [0.25, 0.3) is 0 Å². The van der Waals surface area contributed by atoms with Crippen LogP contribution in [0.2, 0.25) is 0 Å². The molecule has 5 aliphatic heterocycles. The molecule has 13 heteroatoms. The molecule has 5 saturated heterocycles. The predicted molar refractivity (Wildman–Crippen MR) is 206 cm³/mol. The van der Waals surface area contributed by atoms with Gasteiger partial charge in [0.1, 0.15) is 11.1 Å². The molecule has 11 nitrogen and oxygen atoms in total. The van der Waals surface area contributed by atoms with Gasteiger partial charge in [-0.15, -0.1) is 0 Å². The molecule has 2 amide bonds. The van der Waals surface area contributed by atoms with Crippen molar-refractivity contribution in [1.82, 2.24) is 24.9 Å². The molecule has 5 heterocycles. The van der Waals surface area contributed by atoms with Gasteiger partial charge in [-0.2, -0.15) is 0 Å². The van der Waals surface area contributed by atoms with Crippen molar-refractivity contribution in [2.75, 3.05) is 97.1 Å². The summed E-state index contributed by atoms with van der Waals surface area (Å²) in [4.78, 5) is 36.5. The molecule has 0 aromatic heterocycles. The fourth-order valence-electron chi connectivity index (χ4n) is 10.3. The molecule has 294 valence electrons. The number of anilines is 1. The first-order valence-corrected chi connectivity index (χ1v) is 21.8. The summed E-state index contributed by atoms with van der Waals surface area (Å²) in [6, 6.07) is 14.6.